The number of nitrogens with one attached hydrogen (secondary N) is 1. The maximum absolute atomic E-state index is 12.1. The van der Waals surface area contributed by atoms with Crippen LogP contribution in [0.3, 0.4) is 0 Å². The van der Waals surface area contributed by atoms with Crippen LogP contribution in [0.15, 0.2) is 47.6 Å². The standard InChI is InChI=1S/C13H15N3O4S/c1-16-9-11(8-14-16)21(19,20)15-12(13(17)18)7-10-5-3-2-4-6-10/h2-6,8-9,12,15H,7H2,1H3,(H,17,18)/t12-/m1/s1. The van der Waals surface area contributed by atoms with Crippen molar-refractivity contribution in [3.8, 4) is 0 Å². The van der Waals surface area contributed by atoms with Crippen LogP contribution in [0.1, 0.15) is 5.56 Å². The third kappa shape index (κ3) is 3.89. The first kappa shape index (κ1) is 15.2. The number of carboxylic acid groups (broad SMARTS) is 1. The Kier molecular flexibility index (Phi) is 4.39. The minimum Gasteiger partial charge on any atom is -0.480 e. The summed E-state index contributed by atoms with van der Waals surface area (Å²) in [6, 6.07) is 7.59. The van der Waals surface area contributed by atoms with Crippen molar-refractivity contribution in [3.05, 3.63) is 48.3 Å². The van der Waals surface area contributed by atoms with E-state index in [1.807, 2.05) is 0 Å². The molecule has 2 aromatic rings. The summed E-state index contributed by atoms with van der Waals surface area (Å²) in [4.78, 5) is 11.2. The molecule has 0 fully saturated rings. The van der Waals surface area contributed by atoms with Gasteiger partial charge in [-0.15, -0.1) is 0 Å². The Labute approximate surface area is 122 Å². The van der Waals surface area contributed by atoms with E-state index in [0.29, 0.717) is 0 Å². The van der Waals surface area contributed by atoms with Gasteiger partial charge in [0, 0.05) is 13.2 Å². The quantitative estimate of drug-likeness (QED) is 0.804. The van der Waals surface area contributed by atoms with Crippen LogP contribution in [0.25, 0.3) is 0 Å². The fraction of sp³-hybridized carbons (Fsp3) is 0.231. The molecule has 7 nitrogen and oxygen atoms in total. The van der Waals surface area contributed by atoms with Gasteiger partial charge in [-0.2, -0.15) is 9.82 Å². The smallest absolute Gasteiger partial charge is 0.322 e. The van der Waals surface area contributed by atoms with Crippen LogP contribution in [-0.4, -0.2) is 35.3 Å². The summed E-state index contributed by atoms with van der Waals surface area (Å²) >= 11 is 0. The number of rotatable bonds is 6. The van der Waals surface area contributed by atoms with Crippen molar-refractivity contribution in [2.45, 2.75) is 17.4 Å². The van der Waals surface area contributed by atoms with E-state index in [2.05, 4.69) is 9.82 Å². The zero-order valence-electron chi connectivity index (χ0n) is 11.3. The molecule has 0 spiro atoms. The first-order valence-electron chi connectivity index (χ1n) is 6.16. The van der Waals surface area contributed by atoms with Crippen LogP contribution < -0.4 is 4.72 Å². The second kappa shape index (κ2) is 6.06. The fourth-order valence-electron chi connectivity index (χ4n) is 1.82. The van der Waals surface area contributed by atoms with Gasteiger partial charge in [-0.05, 0) is 12.0 Å². The summed E-state index contributed by atoms with van der Waals surface area (Å²) in [5, 5.41) is 13.0. The van der Waals surface area contributed by atoms with Gasteiger partial charge in [0.05, 0.1) is 6.20 Å². The predicted molar refractivity (Wildman–Crippen MR) is 75.1 cm³/mol. The molecule has 1 heterocycles. The van der Waals surface area contributed by atoms with Crippen molar-refractivity contribution in [1.29, 1.82) is 0 Å². The maximum Gasteiger partial charge on any atom is 0.322 e. The van der Waals surface area contributed by atoms with E-state index < -0.39 is 22.0 Å². The van der Waals surface area contributed by atoms with Crippen molar-refractivity contribution in [2.75, 3.05) is 0 Å². The number of carboxylic acids is 1. The number of aliphatic carboxylic acids is 1. The minimum atomic E-state index is -3.92. The molecule has 0 saturated heterocycles. The van der Waals surface area contributed by atoms with Crippen molar-refractivity contribution < 1.29 is 18.3 Å². The number of benzene rings is 1. The Bertz CT molecular complexity index is 725. The molecule has 1 aromatic heterocycles. The molecule has 8 heteroatoms. The molecule has 21 heavy (non-hydrogen) atoms. The number of hydrogen-bond acceptors (Lipinski definition) is 4. The SMILES string of the molecule is Cn1cc(S(=O)(=O)N[C@H](Cc2ccccc2)C(=O)O)cn1. The average Bonchev–Trinajstić information content (AvgIpc) is 2.86. The highest BCUT2D eigenvalue weighted by Crippen LogP contribution is 2.10. The summed E-state index contributed by atoms with van der Waals surface area (Å²) in [6.07, 6.45) is 2.54. The normalized spacial score (nSPS) is 13.0. The molecule has 0 saturated carbocycles. The topological polar surface area (TPSA) is 101 Å². The molecule has 2 N–H and O–H groups in total. The zero-order valence-corrected chi connectivity index (χ0v) is 12.1. The van der Waals surface area contributed by atoms with Crippen LogP contribution >= 0.6 is 0 Å². The van der Waals surface area contributed by atoms with E-state index in [1.54, 1.807) is 37.4 Å². The molecule has 1 atom stereocenters. The maximum atomic E-state index is 12.1. The third-order valence-corrected chi connectivity index (χ3v) is 4.30. The number of aromatic nitrogens is 2. The summed E-state index contributed by atoms with van der Waals surface area (Å²) < 4.78 is 27.8. The van der Waals surface area contributed by atoms with Crippen LogP contribution in [-0.2, 0) is 28.3 Å². The first-order valence-corrected chi connectivity index (χ1v) is 7.64. The lowest BCUT2D eigenvalue weighted by Gasteiger charge is -2.14. The first-order chi connectivity index (χ1) is 9.88. The largest absolute Gasteiger partial charge is 0.480 e. The molecular weight excluding hydrogens is 294 g/mol. The lowest BCUT2D eigenvalue weighted by atomic mass is 10.1. The lowest BCUT2D eigenvalue weighted by molar-refractivity contribution is -0.138. The van der Waals surface area contributed by atoms with Gasteiger partial charge in [-0.3, -0.25) is 9.48 Å². The Morgan fingerprint density at radius 2 is 2.05 bits per heavy atom. The lowest BCUT2D eigenvalue weighted by Crippen LogP contribution is -2.42. The van der Waals surface area contributed by atoms with Crippen LogP contribution in [0.2, 0.25) is 0 Å². The van der Waals surface area contributed by atoms with E-state index in [4.69, 9.17) is 0 Å². The van der Waals surface area contributed by atoms with E-state index >= 15 is 0 Å². The zero-order chi connectivity index (χ0) is 15.5. The molecule has 112 valence electrons. The molecule has 0 aliphatic carbocycles. The van der Waals surface area contributed by atoms with Gasteiger partial charge in [0.15, 0.2) is 0 Å². The fourth-order valence-corrected chi connectivity index (χ4v) is 2.99. The second-order valence-electron chi connectivity index (χ2n) is 4.55. The highest BCUT2D eigenvalue weighted by atomic mass is 32.2. The molecule has 1 aromatic carbocycles. The van der Waals surface area contributed by atoms with Gasteiger partial charge < -0.3 is 5.11 Å². The van der Waals surface area contributed by atoms with Gasteiger partial charge in [0.2, 0.25) is 10.0 Å². The predicted octanol–water partition coefficient (Wildman–Crippen LogP) is 0.394. The molecule has 0 bridgehead atoms. The molecule has 0 unspecified atom stereocenters. The van der Waals surface area contributed by atoms with Crippen molar-refractivity contribution in [1.82, 2.24) is 14.5 Å². The van der Waals surface area contributed by atoms with E-state index in [-0.39, 0.29) is 11.3 Å². The van der Waals surface area contributed by atoms with Crippen LogP contribution in [0, 0.1) is 0 Å². The van der Waals surface area contributed by atoms with Gasteiger partial charge in [-0.1, -0.05) is 30.3 Å². The van der Waals surface area contributed by atoms with Crippen molar-refractivity contribution >= 4 is 16.0 Å². The molecule has 0 amide bonds. The van der Waals surface area contributed by atoms with Gasteiger partial charge in [0.1, 0.15) is 10.9 Å². The highest BCUT2D eigenvalue weighted by Gasteiger charge is 2.26. The Hall–Kier alpha value is -2.19. The van der Waals surface area contributed by atoms with Crippen molar-refractivity contribution in [2.24, 2.45) is 7.05 Å². The molecule has 0 aliphatic rings. The summed E-state index contributed by atoms with van der Waals surface area (Å²) in [7, 11) is -2.34. The Morgan fingerprint density at radius 1 is 1.38 bits per heavy atom. The number of nitrogens with zero attached hydrogens (tertiary/aromatic N) is 2. The molecular formula is C13H15N3O4S. The number of carbonyl (C=O) groups is 1. The molecule has 0 aliphatic heterocycles. The van der Waals surface area contributed by atoms with E-state index in [0.717, 1.165) is 5.56 Å². The number of aryl methyl sites for hydroxylation is 1. The van der Waals surface area contributed by atoms with Gasteiger partial charge in [0.25, 0.3) is 0 Å². The second-order valence-corrected chi connectivity index (χ2v) is 6.27. The van der Waals surface area contributed by atoms with Crippen LogP contribution in [0.5, 0.6) is 0 Å². The van der Waals surface area contributed by atoms with E-state index in [9.17, 15) is 18.3 Å². The molecule has 2 rings (SSSR count). The minimum absolute atomic E-state index is 0.0651. The Morgan fingerprint density at radius 3 is 2.57 bits per heavy atom. The molecule has 0 radical (unpaired) electrons. The monoisotopic (exact) mass is 309 g/mol. The average molecular weight is 309 g/mol. The number of hydrogen-bond donors (Lipinski definition) is 2. The van der Waals surface area contributed by atoms with Crippen LogP contribution in [0.4, 0.5) is 0 Å². The highest BCUT2D eigenvalue weighted by molar-refractivity contribution is 7.89. The number of sulfonamides is 1. The van der Waals surface area contributed by atoms with Gasteiger partial charge in [-0.25, -0.2) is 8.42 Å². The van der Waals surface area contributed by atoms with Crippen molar-refractivity contribution in [3.63, 3.8) is 0 Å². The summed E-state index contributed by atoms with van der Waals surface area (Å²) in [5.41, 5.74) is 0.735. The van der Waals surface area contributed by atoms with E-state index in [1.165, 1.54) is 17.1 Å². The Balaban J connectivity index is 2.18. The van der Waals surface area contributed by atoms with Gasteiger partial charge >= 0.3 is 5.97 Å². The third-order valence-electron chi connectivity index (χ3n) is 2.87. The summed E-state index contributed by atoms with van der Waals surface area (Å²) in [5.74, 6) is -1.23. The summed E-state index contributed by atoms with van der Waals surface area (Å²) in [6.45, 7) is 0.